The molecule has 1 atom stereocenters. The number of carbonyl (C=O) groups excluding carboxylic acids is 1. The van der Waals surface area contributed by atoms with Gasteiger partial charge in [0.2, 0.25) is 11.8 Å². The maximum Gasteiger partial charge on any atom is 0.253 e. The van der Waals surface area contributed by atoms with Gasteiger partial charge >= 0.3 is 0 Å². The van der Waals surface area contributed by atoms with Crippen LogP contribution >= 0.6 is 27.5 Å². The third kappa shape index (κ3) is 5.28. The van der Waals surface area contributed by atoms with Crippen LogP contribution in [-0.2, 0) is 0 Å². The van der Waals surface area contributed by atoms with E-state index in [-0.39, 0.29) is 5.91 Å². The minimum absolute atomic E-state index is 0.123. The second-order valence-electron chi connectivity index (χ2n) is 9.43. The number of aromatic nitrogens is 3. The lowest BCUT2D eigenvalue weighted by atomic mass is 9.97. The molecule has 1 amide bonds. The number of hydrogen-bond donors (Lipinski definition) is 0. The average molecular weight is 574 g/mol. The molecule has 2 fully saturated rings. The fourth-order valence-electron chi connectivity index (χ4n) is 5.28. The molecule has 0 bridgehead atoms. The van der Waals surface area contributed by atoms with Crippen molar-refractivity contribution in [1.29, 1.82) is 0 Å². The van der Waals surface area contributed by atoms with Crippen molar-refractivity contribution in [2.24, 2.45) is 0 Å². The van der Waals surface area contributed by atoms with Gasteiger partial charge in [-0.15, -0.1) is 10.2 Å². The fourth-order valence-corrected chi connectivity index (χ4v) is 5.83. The Kier molecular flexibility index (Phi) is 7.60. The third-order valence-electron chi connectivity index (χ3n) is 7.21. The van der Waals surface area contributed by atoms with Crippen molar-refractivity contribution in [1.82, 2.24) is 25.0 Å². The lowest BCUT2D eigenvalue weighted by molar-refractivity contribution is 0.0491. The van der Waals surface area contributed by atoms with Crippen molar-refractivity contribution in [2.75, 3.05) is 37.6 Å². The van der Waals surface area contributed by atoms with Crippen LogP contribution in [0.25, 0.3) is 11.5 Å². The molecule has 1 aromatic carbocycles. The Morgan fingerprint density at radius 2 is 1.89 bits per heavy atom. The average Bonchev–Trinajstić information content (AvgIpc) is 3.34. The first kappa shape index (κ1) is 25.2. The van der Waals surface area contributed by atoms with E-state index in [4.69, 9.17) is 16.0 Å². The van der Waals surface area contributed by atoms with Crippen LogP contribution in [0.15, 0.2) is 45.4 Å². The zero-order valence-electron chi connectivity index (χ0n) is 20.5. The Hall–Kier alpha value is -2.49. The Balaban J connectivity index is 1.20. The van der Waals surface area contributed by atoms with Gasteiger partial charge in [0.15, 0.2) is 0 Å². The number of hydrogen-bond acceptors (Lipinski definition) is 7. The SMILES string of the molecule is CC[C@H]1CN(c2ncc(-c3nnc(C)o3)cc2Cl)CCN1C1CCN(C(=O)c2ccc(Br)cc2)CC1. The molecule has 0 unspecified atom stereocenters. The molecule has 4 heterocycles. The minimum atomic E-state index is 0.123. The quantitative estimate of drug-likeness (QED) is 0.422. The number of rotatable bonds is 5. The molecule has 8 nitrogen and oxygen atoms in total. The summed E-state index contributed by atoms with van der Waals surface area (Å²) in [7, 11) is 0. The highest BCUT2D eigenvalue weighted by Crippen LogP contribution is 2.31. The van der Waals surface area contributed by atoms with Gasteiger partial charge in [-0.25, -0.2) is 4.98 Å². The van der Waals surface area contributed by atoms with Gasteiger partial charge in [-0.3, -0.25) is 9.69 Å². The molecule has 0 spiro atoms. The van der Waals surface area contributed by atoms with E-state index in [0.717, 1.165) is 73.4 Å². The Morgan fingerprint density at radius 3 is 2.53 bits per heavy atom. The van der Waals surface area contributed by atoms with Crippen LogP contribution in [0.1, 0.15) is 42.4 Å². The van der Waals surface area contributed by atoms with Gasteiger partial charge in [-0.05, 0) is 49.6 Å². The molecular formula is C26H30BrClN6O2. The first-order chi connectivity index (χ1) is 17.4. The van der Waals surface area contributed by atoms with Gasteiger partial charge in [0, 0.05) is 68.0 Å². The molecule has 0 saturated carbocycles. The number of halogens is 2. The van der Waals surface area contributed by atoms with Gasteiger partial charge < -0.3 is 14.2 Å². The number of amides is 1. The molecule has 0 radical (unpaired) electrons. The molecule has 0 aliphatic carbocycles. The van der Waals surface area contributed by atoms with Crippen LogP contribution in [0.5, 0.6) is 0 Å². The Bertz CT molecular complexity index is 1210. The Morgan fingerprint density at radius 1 is 1.14 bits per heavy atom. The van der Waals surface area contributed by atoms with Crippen molar-refractivity contribution in [3.8, 4) is 11.5 Å². The fraction of sp³-hybridized carbons (Fsp3) is 0.462. The lowest BCUT2D eigenvalue weighted by Gasteiger charge is -2.47. The number of nitrogens with zero attached hydrogens (tertiary/aromatic N) is 6. The number of piperazine rings is 1. The molecule has 190 valence electrons. The molecule has 0 N–H and O–H groups in total. The predicted octanol–water partition coefficient (Wildman–Crippen LogP) is 5.06. The van der Waals surface area contributed by atoms with Crippen LogP contribution in [-0.4, -0.2) is 75.7 Å². The summed E-state index contributed by atoms with van der Waals surface area (Å²) in [6.45, 7) is 8.27. The summed E-state index contributed by atoms with van der Waals surface area (Å²) >= 11 is 10.1. The summed E-state index contributed by atoms with van der Waals surface area (Å²) in [6, 6.07) is 10.4. The highest BCUT2D eigenvalue weighted by atomic mass is 79.9. The highest BCUT2D eigenvalue weighted by molar-refractivity contribution is 9.10. The normalized spacial score (nSPS) is 19.6. The summed E-state index contributed by atoms with van der Waals surface area (Å²) in [5, 5.41) is 8.53. The summed E-state index contributed by atoms with van der Waals surface area (Å²) < 4.78 is 6.49. The summed E-state index contributed by atoms with van der Waals surface area (Å²) in [5.74, 6) is 1.85. The van der Waals surface area contributed by atoms with Crippen LogP contribution < -0.4 is 4.90 Å². The standard InChI is InChI=1S/C26H30BrClN6O2/c1-3-21-16-33(24-23(28)14-19(15-29-24)25-31-30-17(2)36-25)12-13-34(21)22-8-10-32(11-9-22)26(35)18-4-6-20(27)7-5-18/h4-7,14-15,21-22H,3,8-13,16H2,1-2H3/t21-/m0/s1. The number of likely N-dealkylation sites (tertiary alicyclic amines) is 1. The van der Waals surface area contributed by atoms with E-state index >= 15 is 0 Å². The second kappa shape index (κ2) is 10.9. The number of piperidine rings is 1. The Labute approximate surface area is 224 Å². The maximum absolute atomic E-state index is 12.9. The minimum Gasteiger partial charge on any atom is -0.421 e. The van der Waals surface area contributed by atoms with E-state index in [1.165, 1.54) is 0 Å². The zero-order valence-corrected chi connectivity index (χ0v) is 22.9. The van der Waals surface area contributed by atoms with E-state index in [1.54, 1.807) is 13.1 Å². The number of benzene rings is 1. The molecule has 5 rings (SSSR count). The van der Waals surface area contributed by atoms with Crippen LogP contribution in [0, 0.1) is 6.92 Å². The zero-order chi connectivity index (χ0) is 25.2. The molecule has 3 aromatic rings. The molecule has 36 heavy (non-hydrogen) atoms. The number of carbonyl (C=O) groups is 1. The van der Waals surface area contributed by atoms with E-state index in [1.807, 2.05) is 35.2 Å². The molecule has 2 saturated heterocycles. The molecule has 2 aliphatic heterocycles. The van der Waals surface area contributed by atoms with E-state index in [0.29, 0.717) is 28.9 Å². The summed E-state index contributed by atoms with van der Waals surface area (Å²) in [6.07, 6.45) is 4.79. The van der Waals surface area contributed by atoms with Crippen molar-refractivity contribution in [3.63, 3.8) is 0 Å². The van der Waals surface area contributed by atoms with Crippen LogP contribution in [0.3, 0.4) is 0 Å². The monoisotopic (exact) mass is 572 g/mol. The third-order valence-corrected chi connectivity index (χ3v) is 8.01. The topological polar surface area (TPSA) is 78.6 Å². The molecular weight excluding hydrogens is 544 g/mol. The first-order valence-corrected chi connectivity index (χ1v) is 13.6. The first-order valence-electron chi connectivity index (χ1n) is 12.4. The summed E-state index contributed by atoms with van der Waals surface area (Å²) in [4.78, 5) is 24.5. The molecule has 2 aliphatic rings. The van der Waals surface area contributed by atoms with Gasteiger partial charge in [0.1, 0.15) is 5.82 Å². The molecule has 10 heteroatoms. The number of pyridine rings is 1. The van der Waals surface area contributed by atoms with E-state index in [9.17, 15) is 4.79 Å². The summed E-state index contributed by atoms with van der Waals surface area (Å²) in [5.41, 5.74) is 1.47. The van der Waals surface area contributed by atoms with Crippen molar-refractivity contribution in [2.45, 2.75) is 45.2 Å². The number of anilines is 1. The molecule has 2 aromatic heterocycles. The maximum atomic E-state index is 12.9. The van der Waals surface area contributed by atoms with Gasteiger partial charge in [0.25, 0.3) is 5.91 Å². The van der Waals surface area contributed by atoms with Gasteiger partial charge in [-0.1, -0.05) is 34.5 Å². The highest BCUT2D eigenvalue weighted by Gasteiger charge is 2.35. The largest absolute Gasteiger partial charge is 0.421 e. The van der Waals surface area contributed by atoms with E-state index in [2.05, 4.69) is 47.8 Å². The second-order valence-corrected chi connectivity index (χ2v) is 10.8. The van der Waals surface area contributed by atoms with Crippen molar-refractivity contribution >= 4 is 39.3 Å². The van der Waals surface area contributed by atoms with E-state index < -0.39 is 0 Å². The predicted molar refractivity (Wildman–Crippen MR) is 143 cm³/mol. The van der Waals surface area contributed by atoms with Crippen LogP contribution in [0.4, 0.5) is 5.82 Å². The van der Waals surface area contributed by atoms with Gasteiger partial charge in [-0.2, -0.15) is 0 Å². The lowest BCUT2D eigenvalue weighted by Crippen LogP contribution is -2.58. The van der Waals surface area contributed by atoms with Crippen molar-refractivity contribution in [3.05, 3.63) is 57.5 Å². The van der Waals surface area contributed by atoms with Crippen LogP contribution in [0.2, 0.25) is 5.02 Å². The smallest absolute Gasteiger partial charge is 0.253 e. The van der Waals surface area contributed by atoms with Gasteiger partial charge in [0.05, 0.1) is 10.6 Å². The van der Waals surface area contributed by atoms with Crippen molar-refractivity contribution < 1.29 is 9.21 Å². The number of aryl methyl sites for hydroxylation is 1.